The standard InChI is InChI=1S/C18H28N2O4/c1-12-4-6-15(7-5-12)20-11-14(9-16(20)21)17(22)19-8-2-3-13(10-19)18(23)24/h12-15H,2-11H2,1H3,(H,23,24)/t12?,13-,14-,15?/m0/s1. The Balaban J connectivity index is 1.58. The Hall–Kier alpha value is -1.59. The van der Waals surface area contributed by atoms with E-state index in [4.69, 9.17) is 0 Å². The van der Waals surface area contributed by atoms with E-state index in [1.54, 1.807) is 4.90 Å². The van der Waals surface area contributed by atoms with Crippen LogP contribution in [0.5, 0.6) is 0 Å². The van der Waals surface area contributed by atoms with Crippen LogP contribution in [0.2, 0.25) is 0 Å². The Morgan fingerprint density at radius 1 is 1.04 bits per heavy atom. The van der Waals surface area contributed by atoms with Crippen molar-refractivity contribution in [1.82, 2.24) is 9.80 Å². The third-order valence-electron chi connectivity index (χ3n) is 6.02. The van der Waals surface area contributed by atoms with Crippen LogP contribution in [0.1, 0.15) is 51.9 Å². The molecule has 0 unspecified atom stereocenters. The van der Waals surface area contributed by atoms with Gasteiger partial charge >= 0.3 is 5.97 Å². The predicted molar refractivity (Wildman–Crippen MR) is 88.2 cm³/mol. The Morgan fingerprint density at radius 3 is 2.42 bits per heavy atom. The molecule has 24 heavy (non-hydrogen) atoms. The highest BCUT2D eigenvalue weighted by Crippen LogP contribution is 2.32. The van der Waals surface area contributed by atoms with E-state index in [1.807, 2.05) is 4.90 Å². The molecule has 0 spiro atoms. The van der Waals surface area contributed by atoms with Gasteiger partial charge in [0.1, 0.15) is 0 Å². The summed E-state index contributed by atoms with van der Waals surface area (Å²) < 4.78 is 0. The predicted octanol–water partition coefficient (Wildman–Crippen LogP) is 1.74. The number of hydrogen-bond acceptors (Lipinski definition) is 3. The van der Waals surface area contributed by atoms with Crippen molar-refractivity contribution in [3.8, 4) is 0 Å². The van der Waals surface area contributed by atoms with Crippen molar-refractivity contribution >= 4 is 17.8 Å². The number of carbonyl (C=O) groups excluding carboxylic acids is 2. The lowest BCUT2D eigenvalue weighted by atomic mass is 9.86. The summed E-state index contributed by atoms with van der Waals surface area (Å²) in [5, 5.41) is 9.18. The minimum Gasteiger partial charge on any atom is -0.481 e. The van der Waals surface area contributed by atoms with Crippen LogP contribution >= 0.6 is 0 Å². The van der Waals surface area contributed by atoms with Crippen LogP contribution in [0.25, 0.3) is 0 Å². The van der Waals surface area contributed by atoms with E-state index in [1.165, 1.54) is 0 Å². The van der Waals surface area contributed by atoms with E-state index in [-0.39, 0.29) is 17.7 Å². The van der Waals surface area contributed by atoms with Crippen molar-refractivity contribution in [3.63, 3.8) is 0 Å². The minimum atomic E-state index is -0.826. The molecular weight excluding hydrogens is 308 g/mol. The maximum absolute atomic E-state index is 12.7. The first-order valence-corrected chi connectivity index (χ1v) is 9.26. The molecule has 1 N–H and O–H groups in total. The molecule has 3 aliphatic rings. The Kier molecular flexibility index (Phi) is 5.11. The number of nitrogens with zero attached hydrogens (tertiary/aromatic N) is 2. The molecule has 3 fully saturated rings. The van der Waals surface area contributed by atoms with Crippen LogP contribution in [0, 0.1) is 17.8 Å². The van der Waals surface area contributed by atoms with Crippen molar-refractivity contribution in [1.29, 1.82) is 0 Å². The summed E-state index contributed by atoms with van der Waals surface area (Å²) in [7, 11) is 0. The molecule has 0 aromatic carbocycles. The lowest BCUT2D eigenvalue weighted by Crippen LogP contribution is -2.46. The van der Waals surface area contributed by atoms with Crippen LogP contribution in [-0.4, -0.2) is 58.4 Å². The number of hydrogen-bond donors (Lipinski definition) is 1. The van der Waals surface area contributed by atoms with Gasteiger partial charge in [-0.25, -0.2) is 0 Å². The van der Waals surface area contributed by atoms with E-state index in [2.05, 4.69) is 6.92 Å². The maximum Gasteiger partial charge on any atom is 0.308 e. The number of aliphatic carboxylic acids is 1. The summed E-state index contributed by atoms with van der Waals surface area (Å²) in [6.07, 6.45) is 6.04. The van der Waals surface area contributed by atoms with Crippen molar-refractivity contribution in [3.05, 3.63) is 0 Å². The molecule has 1 saturated carbocycles. The molecule has 1 aliphatic carbocycles. The number of likely N-dealkylation sites (tertiary alicyclic amines) is 2. The Labute approximate surface area is 143 Å². The van der Waals surface area contributed by atoms with Crippen LogP contribution < -0.4 is 0 Å². The fourth-order valence-corrected chi connectivity index (χ4v) is 4.44. The van der Waals surface area contributed by atoms with E-state index in [9.17, 15) is 19.5 Å². The normalized spacial score (nSPS) is 34.5. The number of piperidine rings is 1. The third kappa shape index (κ3) is 3.57. The van der Waals surface area contributed by atoms with Crippen LogP contribution in [0.4, 0.5) is 0 Å². The second-order valence-corrected chi connectivity index (χ2v) is 7.82. The number of carbonyl (C=O) groups is 3. The van der Waals surface area contributed by atoms with E-state index < -0.39 is 11.9 Å². The van der Waals surface area contributed by atoms with Gasteiger partial charge in [-0.3, -0.25) is 14.4 Å². The highest BCUT2D eigenvalue weighted by Gasteiger charge is 2.41. The minimum absolute atomic E-state index is 0.0269. The second-order valence-electron chi connectivity index (χ2n) is 7.82. The molecule has 2 heterocycles. The van der Waals surface area contributed by atoms with Gasteiger partial charge in [0.25, 0.3) is 0 Å². The fraction of sp³-hybridized carbons (Fsp3) is 0.833. The average molecular weight is 336 g/mol. The van der Waals surface area contributed by atoms with Crippen molar-refractivity contribution < 1.29 is 19.5 Å². The zero-order chi connectivity index (χ0) is 17.3. The smallest absolute Gasteiger partial charge is 0.308 e. The fourth-order valence-electron chi connectivity index (χ4n) is 4.44. The van der Waals surface area contributed by atoms with Crippen molar-refractivity contribution in [2.75, 3.05) is 19.6 Å². The van der Waals surface area contributed by atoms with Crippen LogP contribution in [-0.2, 0) is 14.4 Å². The zero-order valence-corrected chi connectivity index (χ0v) is 14.4. The molecule has 134 valence electrons. The zero-order valence-electron chi connectivity index (χ0n) is 14.4. The monoisotopic (exact) mass is 336 g/mol. The first-order valence-electron chi connectivity index (χ1n) is 9.26. The molecule has 0 bridgehead atoms. The lowest BCUT2D eigenvalue weighted by Gasteiger charge is -2.34. The van der Waals surface area contributed by atoms with E-state index in [0.717, 1.165) is 38.0 Å². The first-order chi connectivity index (χ1) is 11.5. The van der Waals surface area contributed by atoms with E-state index >= 15 is 0 Å². The summed E-state index contributed by atoms with van der Waals surface area (Å²) in [6, 6.07) is 0.291. The van der Waals surface area contributed by atoms with Gasteiger partial charge in [-0.05, 0) is 44.4 Å². The highest BCUT2D eigenvalue weighted by molar-refractivity contribution is 5.89. The molecule has 2 amide bonds. The molecule has 6 nitrogen and oxygen atoms in total. The van der Waals surface area contributed by atoms with Gasteiger partial charge in [0, 0.05) is 32.1 Å². The average Bonchev–Trinajstić information content (AvgIpc) is 2.97. The van der Waals surface area contributed by atoms with E-state index in [0.29, 0.717) is 38.5 Å². The summed E-state index contributed by atoms with van der Waals surface area (Å²) in [5.74, 6) is -0.772. The number of amides is 2. The Morgan fingerprint density at radius 2 is 1.75 bits per heavy atom. The molecule has 2 atom stereocenters. The molecule has 3 rings (SSSR count). The molecule has 0 aromatic heterocycles. The molecule has 0 aromatic rings. The summed E-state index contributed by atoms with van der Waals surface area (Å²) in [4.78, 5) is 39.9. The maximum atomic E-state index is 12.7. The number of carboxylic acids is 1. The molecular formula is C18H28N2O4. The van der Waals surface area contributed by atoms with Gasteiger partial charge in [-0.15, -0.1) is 0 Å². The quantitative estimate of drug-likeness (QED) is 0.851. The number of carboxylic acid groups (broad SMARTS) is 1. The van der Waals surface area contributed by atoms with Gasteiger partial charge in [-0.1, -0.05) is 6.92 Å². The largest absolute Gasteiger partial charge is 0.481 e. The van der Waals surface area contributed by atoms with Crippen LogP contribution in [0.15, 0.2) is 0 Å². The van der Waals surface area contributed by atoms with Crippen molar-refractivity contribution in [2.24, 2.45) is 17.8 Å². The first kappa shape index (κ1) is 17.2. The van der Waals surface area contributed by atoms with Crippen molar-refractivity contribution in [2.45, 2.75) is 57.9 Å². The molecule has 6 heteroatoms. The van der Waals surface area contributed by atoms with Gasteiger partial charge < -0.3 is 14.9 Å². The second kappa shape index (κ2) is 7.11. The summed E-state index contributed by atoms with van der Waals surface area (Å²) in [6.45, 7) is 3.68. The highest BCUT2D eigenvalue weighted by atomic mass is 16.4. The number of rotatable bonds is 3. The Bertz CT molecular complexity index is 513. The molecule has 2 saturated heterocycles. The van der Waals surface area contributed by atoms with Gasteiger partial charge in [-0.2, -0.15) is 0 Å². The summed E-state index contributed by atoms with van der Waals surface area (Å²) >= 11 is 0. The molecule has 0 radical (unpaired) electrons. The lowest BCUT2D eigenvalue weighted by molar-refractivity contribution is -0.146. The van der Waals surface area contributed by atoms with Gasteiger partial charge in [0.15, 0.2) is 0 Å². The van der Waals surface area contributed by atoms with Gasteiger partial charge in [0.2, 0.25) is 11.8 Å². The van der Waals surface area contributed by atoms with Gasteiger partial charge in [0.05, 0.1) is 11.8 Å². The summed E-state index contributed by atoms with van der Waals surface area (Å²) in [5.41, 5.74) is 0. The molecule has 2 aliphatic heterocycles. The topological polar surface area (TPSA) is 77.9 Å². The van der Waals surface area contributed by atoms with Crippen LogP contribution in [0.3, 0.4) is 0 Å². The third-order valence-corrected chi connectivity index (χ3v) is 6.02. The SMILES string of the molecule is CC1CCC(N2C[C@@H](C(=O)N3CCC[C@H](C(=O)O)C3)CC2=O)CC1.